The van der Waals surface area contributed by atoms with E-state index in [-0.39, 0.29) is 0 Å². The van der Waals surface area contributed by atoms with E-state index in [9.17, 15) is 0 Å². The fraction of sp³-hybridized carbons (Fsp3) is 1.00. The lowest BCUT2D eigenvalue weighted by Gasteiger charge is -2.34. The number of rotatable bonds is 10. The molecule has 2 atom stereocenters. The van der Waals surface area contributed by atoms with Gasteiger partial charge in [-0.1, -0.05) is 74.1 Å². The normalized spacial score (nSPS) is 23.5. The summed E-state index contributed by atoms with van der Waals surface area (Å²) in [5.74, 6) is 1.96. The molecular weight excluding hydrogens is 284 g/mol. The molecule has 1 aliphatic carbocycles. The average molecular weight is 327 g/mol. The average Bonchev–Trinajstić information content (AvgIpc) is 2.89. The molecule has 0 aromatic carbocycles. The number of hydrogen-bond acceptors (Lipinski definition) is 1. The maximum atomic E-state index is 2.50. The third kappa shape index (κ3) is 6.85. The van der Waals surface area contributed by atoms with Gasteiger partial charge in [-0.25, -0.2) is 0 Å². The molecule has 0 aromatic rings. The molecule has 0 heterocycles. The van der Waals surface area contributed by atoms with Crippen LogP contribution in [0.4, 0.5) is 0 Å². The first-order valence-corrected chi connectivity index (χ1v) is 10.8. The molecule has 1 saturated carbocycles. The van der Waals surface area contributed by atoms with Gasteiger partial charge in [0, 0.05) is 10.00 Å². The van der Waals surface area contributed by atoms with Crippen LogP contribution in [0.25, 0.3) is 0 Å². The van der Waals surface area contributed by atoms with Gasteiger partial charge in [-0.2, -0.15) is 11.8 Å². The van der Waals surface area contributed by atoms with Gasteiger partial charge in [-0.05, 0) is 49.4 Å². The van der Waals surface area contributed by atoms with Gasteiger partial charge in [0.2, 0.25) is 0 Å². The molecule has 0 nitrogen and oxygen atoms in total. The lowest BCUT2D eigenvalue weighted by atomic mass is 9.83. The van der Waals surface area contributed by atoms with Crippen LogP contribution >= 0.6 is 11.8 Å². The second-order valence-electron chi connectivity index (χ2n) is 9.04. The van der Waals surface area contributed by atoms with Crippen LogP contribution in [0.5, 0.6) is 0 Å². The lowest BCUT2D eigenvalue weighted by molar-refractivity contribution is 0.300. The van der Waals surface area contributed by atoms with Crippen LogP contribution in [0, 0.1) is 17.3 Å². The van der Waals surface area contributed by atoms with E-state index in [1.54, 1.807) is 0 Å². The zero-order valence-electron chi connectivity index (χ0n) is 16.5. The minimum absolute atomic E-state index is 0.452. The summed E-state index contributed by atoms with van der Waals surface area (Å²) in [5, 5.41) is 0.931. The van der Waals surface area contributed by atoms with E-state index >= 15 is 0 Å². The van der Waals surface area contributed by atoms with Crippen molar-refractivity contribution >= 4 is 11.8 Å². The van der Waals surface area contributed by atoms with Gasteiger partial charge in [-0.15, -0.1) is 0 Å². The minimum atomic E-state index is 0.452. The molecule has 0 aliphatic heterocycles. The van der Waals surface area contributed by atoms with E-state index in [0.29, 0.717) is 10.2 Å². The highest BCUT2D eigenvalue weighted by Gasteiger charge is 2.34. The Balaban J connectivity index is 2.51. The maximum absolute atomic E-state index is 2.50. The van der Waals surface area contributed by atoms with Crippen LogP contribution in [0.15, 0.2) is 0 Å². The summed E-state index contributed by atoms with van der Waals surface area (Å²) >= 11 is 2.33. The molecule has 0 amide bonds. The highest BCUT2D eigenvalue weighted by molar-refractivity contribution is 8.01. The van der Waals surface area contributed by atoms with Gasteiger partial charge in [0.05, 0.1) is 0 Å². The topological polar surface area (TPSA) is 0 Å². The second kappa shape index (κ2) is 9.00. The Kier molecular flexibility index (Phi) is 8.34. The van der Waals surface area contributed by atoms with Gasteiger partial charge in [0.25, 0.3) is 0 Å². The van der Waals surface area contributed by atoms with E-state index in [0.717, 1.165) is 17.1 Å². The van der Waals surface area contributed by atoms with Crippen LogP contribution in [0.3, 0.4) is 0 Å². The van der Waals surface area contributed by atoms with Gasteiger partial charge < -0.3 is 0 Å². The Morgan fingerprint density at radius 2 is 1.59 bits per heavy atom. The summed E-state index contributed by atoms with van der Waals surface area (Å²) in [6.45, 7) is 16.9. The first-order chi connectivity index (χ1) is 10.2. The first-order valence-electron chi connectivity index (χ1n) is 9.90. The second-order valence-corrected chi connectivity index (χ2v) is 11.0. The van der Waals surface area contributed by atoms with Crippen molar-refractivity contribution in [2.45, 2.75) is 116 Å². The summed E-state index contributed by atoms with van der Waals surface area (Å²) in [6.07, 6.45) is 12.7. The third-order valence-electron chi connectivity index (χ3n) is 6.21. The van der Waals surface area contributed by atoms with Crippen LogP contribution in [-0.4, -0.2) is 10.00 Å². The molecule has 2 unspecified atom stereocenters. The van der Waals surface area contributed by atoms with Crippen molar-refractivity contribution in [2.24, 2.45) is 17.3 Å². The predicted octanol–water partition coefficient (Wildman–Crippen LogP) is 7.71. The summed E-state index contributed by atoms with van der Waals surface area (Å²) in [5.41, 5.74) is 0.516. The largest absolute Gasteiger partial charge is 0.152 e. The molecule has 1 fully saturated rings. The SMILES string of the molecule is CCC(CC)CC1CCCC1SC(C)(C)CCC(C)(C)CC. The van der Waals surface area contributed by atoms with Crippen LogP contribution < -0.4 is 0 Å². The minimum Gasteiger partial charge on any atom is -0.152 e. The molecule has 132 valence electrons. The smallest absolute Gasteiger partial charge is 0.0106 e. The van der Waals surface area contributed by atoms with Crippen molar-refractivity contribution in [3.05, 3.63) is 0 Å². The van der Waals surface area contributed by atoms with E-state index in [4.69, 9.17) is 0 Å². The fourth-order valence-corrected chi connectivity index (χ4v) is 5.53. The maximum Gasteiger partial charge on any atom is 0.0106 e. The summed E-state index contributed by atoms with van der Waals surface area (Å²) in [6, 6.07) is 0. The molecule has 0 aromatic heterocycles. The molecule has 0 N–H and O–H groups in total. The molecule has 0 bridgehead atoms. The standard InChI is InChI=1S/C21H42S/c1-8-17(9-2)16-18-12-11-13-19(18)22-21(6,7)15-14-20(4,5)10-3/h17-19H,8-16H2,1-7H3. The molecule has 0 radical (unpaired) electrons. The van der Waals surface area contributed by atoms with Crippen molar-refractivity contribution in [2.75, 3.05) is 0 Å². The Labute approximate surface area is 145 Å². The highest BCUT2D eigenvalue weighted by atomic mass is 32.2. The zero-order chi connectivity index (χ0) is 16.8. The zero-order valence-corrected chi connectivity index (χ0v) is 17.3. The van der Waals surface area contributed by atoms with E-state index in [1.807, 2.05) is 0 Å². The molecule has 0 spiro atoms. The Bertz CT molecular complexity index is 301. The molecule has 1 aliphatic rings. The Hall–Kier alpha value is 0.350. The van der Waals surface area contributed by atoms with Crippen molar-refractivity contribution < 1.29 is 0 Å². The van der Waals surface area contributed by atoms with E-state index in [2.05, 4.69) is 60.2 Å². The Morgan fingerprint density at radius 3 is 2.14 bits per heavy atom. The predicted molar refractivity (Wildman–Crippen MR) is 105 cm³/mol. The van der Waals surface area contributed by atoms with Crippen molar-refractivity contribution in [1.82, 2.24) is 0 Å². The van der Waals surface area contributed by atoms with E-state index in [1.165, 1.54) is 57.8 Å². The Morgan fingerprint density at radius 1 is 0.955 bits per heavy atom. The van der Waals surface area contributed by atoms with Crippen LogP contribution in [0.1, 0.15) is 106 Å². The summed E-state index contributed by atoms with van der Waals surface area (Å²) in [7, 11) is 0. The quantitative estimate of drug-likeness (QED) is 0.396. The van der Waals surface area contributed by atoms with Crippen molar-refractivity contribution in [1.29, 1.82) is 0 Å². The number of hydrogen-bond donors (Lipinski definition) is 0. The van der Waals surface area contributed by atoms with Crippen LogP contribution in [0.2, 0.25) is 0 Å². The number of thioether (sulfide) groups is 1. The molecule has 1 heteroatoms. The van der Waals surface area contributed by atoms with Crippen LogP contribution in [-0.2, 0) is 0 Å². The van der Waals surface area contributed by atoms with Gasteiger partial charge in [0.15, 0.2) is 0 Å². The lowest BCUT2D eigenvalue weighted by Crippen LogP contribution is -2.25. The fourth-order valence-electron chi connectivity index (χ4n) is 3.76. The molecule has 0 saturated heterocycles. The molecular formula is C21H42S. The first kappa shape index (κ1) is 20.4. The molecule has 22 heavy (non-hydrogen) atoms. The summed E-state index contributed by atoms with van der Waals surface area (Å²) < 4.78 is 0.452. The van der Waals surface area contributed by atoms with Gasteiger partial charge >= 0.3 is 0 Å². The highest BCUT2D eigenvalue weighted by Crippen LogP contribution is 2.46. The van der Waals surface area contributed by atoms with E-state index < -0.39 is 0 Å². The monoisotopic (exact) mass is 326 g/mol. The third-order valence-corrected chi connectivity index (χ3v) is 7.98. The van der Waals surface area contributed by atoms with Crippen molar-refractivity contribution in [3.63, 3.8) is 0 Å². The van der Waals surface area contributed by atoms with Gasteiger partial charge in [0.1, 0.15) is 0 Å². The van der Waals surface area contributed by atoms with Crippen molar-refractivity contribution in [3.8, 4) is 0 Å². The molecule has 1 rings (SSSR count). The summed E-state index contributed by atoms with van der Waals surface area (Å²) in [4.78, 5) is 0. The van der Waals surface area contributed by atoms with Gasteiger partial charge in [-0.3, -0.25) is 0 Å².